The number of unbranched alkanes of at least 4 members (excludes halogenated alkanes) is 1. The van der Waals surface area contributed by atoms with E-state index in [-0.39, 0.29) is 0 Å². The van der Waals surface area contributed by atoms with E-state index in [1.807, 2.05) is 31.3 Å². The number of hydrogen-bond donors (Lipinski definition) is 1. The first kappa shape index (κ1) is 11.9. The zero-order chi connectivity index (χ0) is 11.9. The number of benzene rings is 1. The third-order valence-corrected chi connectivity index (χ3v) is 2.67. The molecule has 1 heterocycles. The van der Waals surface area contributed by atoms with E-state index >= 15 is 0 Å². The fraction of sp³-hybridized carbons (Fsp3) is 0.357. The van der Waals surface area contributed by atoms with E-state index in [1.54, 1.807) is 6.20 Å². The lowest BCUT2D eigenvalue weighted by atomic mass is 10.2. The first-order valence-electron chi connectivity index (χ1n) is 6.02. The van der Waals surface area contributed by atoms with Gasteiger partial charge in [-0.3, -0.25) is 4.98 Å². The minimum atomic E-state index is 0.764. The molecule has 0 saturated heterocycles. The van der Waals surface area contributed by atoms with Crippen molar-refractivity contribution in [1.29, 1.82) is 0 Å². The Bertz CT molecular complexity index is 470. The first-order chi connectivity index (χ1) is 8.40. The highest BCUT2D eigenvalue weighted by Gasteiger charge is 1.97. The van der Waals surface area contributed by atoms with Crippen LogP contribution in [0, 0.1) is 0 Å². The minimum Gasteiger partial charge on any atom is -0.494 e. The standard InChI is InChI=1S/C14H18N2O/c1-15-8-2-3-10-17-13-7-6-12-5-4-9-16-14(12)11-13/h4-7,9,11,15H,2-3,8,10H2,1H3. The molecule has 2 rings (SSSR count). The number of rotatable bonds is 6. The van der Waals surface area contributed by atoms with Crippen LogP contribution in [0.2, 0.25) is 0 Å². The van der Waals surface area contributed by atoms with Crippen LogP contribution in [0.4, 0.5) is 0 Å². The van der Waals surface area contributed by atoms with E-state index in [4.69, 9.17) is 4.74 Å². The molecule has 0 atom stereocenters. The quantitative estimate of drug-likeness (QED) is 0.775. The largest absolute Gasteiger partial charge is 0.494 e. The van der Waals surface area contributed by atoms with Crippen molar-refractivity contribution in [2.75, 3.05) is 20.2 Å². The van der Waals surface area contributed by atoms with Gasteiger partial charge in [-0.15, -0.1) is 0 Å². The van der Waals surface area contributed by atoms with E-state index in [0.29, 0.717) is 0 Å². The second-order valence-corrected chi connectivity index (χ2v) is 4.02. The SMILES string of the molecule is CNCCCCOc1ccc2cccnc2c1. The van der Waals surface area contributed by atoms with Crippen molar-refractivity contribution >= 4 is 10.9 Å². The van der Waals surface area contributed by atoms with Crippen LogP contribution in [0.1, 0.15) is 12.8 Å². The molecule has 0 aliphatic carbocycles. The molecule has 2 aromatic rings. The number of aromatic nitrogens is 1. The smallest absolute Gasteiger partial charge is 0.121 e. The first-order valence-corrected chi connectivity index (χ1v) is 6.02. The normalized spacial score (nSPS) is 10.6. The third-order valence-electron chi connectivity index (χ3n) is 2.67. The Morgan fingerprint density at radius 3 is 3.06 bits per heavy atom. The topological polar surface area (TPSA) is 34.1 Å². The summed E-state index contributed by atoms with van der Waals surface area (Å²) in [7, 11) is 1.97. The summed E-state index contributed by atoms with van der Waals surface area (Å²) in [5.74, 6) is 0.903. The summed E-state index contributed by atoms with van der Waals surface area (Å²) in [6.45, 7) is 1.81. The number of nitrogens with one attached hydrogen (secondary N) is 1. The van der Waals surface area contributed by atoms with Gasteiger partial charge < -0.3 is 10.1 Å². The van der Waals surface area contributed by atoms with Crippen molar-refractivity contribution in [2.45, 2.75) is 12.8 Å². The molecule has 0 bridgehead atoms. The van der Waals surface area contributed by atoms with Gasteiger partial charge in [-0.05, 0) is 44.6 Å². The predicted octanol–water partition coefficient (Wildman–Crippen LogP) is 2.61. The Morgan fingerprint density at radius 1 is 1.24 bits per heavy atom. The Labute approximate surface area is 102 Å². The van der Waals surface area contributed by atoms with Crippen molar-refractivity contribution in [3.05, 3.63) is 36.5 Å². The van der Waals surface area contributed by atoms with Gasteiger partial charge in [0.2, 0.25) is 0 Å². The highest BCUT2D eigenvalue weighted by atomic mass is 16.5. The summed E-state index contributed by atoms with van der Waals surface area (Å²) >= 11 is 0. The molecule has 3 nitrogen and oxygen atoms in total. The molecule has 0 fully saturated rings. The lowest BCUT2D eigenvalue weighted by Crippen LogP contribution is -2.09. The maximum Gasteiger partial charge on any atom is 0.121 e. The van der Waals surface area contributed by atoms with E-state index in [2.05, 4.69) is 16.4 Å². The highest BCUT2D eigenvalue weighted by Crippen LogP contribution is 2.18. The number of nitrogens with zero attached hydrogens (tertiary/aromatic N) is 1. The molecular formula is C14H18N2O. The molecule has 1 N–H and O–H groups in total. The summed E-state index contributed by atoms with van der Waals surface area (Å²) < 4.78 is 5.69. The van der Waals surface area contributed by atoms with Gasteiger partial charge in [0.15, 0.2) is 0 Å². The average molecular weight is 230 g/mol. The summed E-state index contributed by atoms with van der Waals surface area (Å²) in [6.07, 6.45) is 4.02. The van der Waals surface area contributed by atoms with Gasteiger partial charge in [-0.2, -0.15) is 0 Å². The molecule has 17 heavy (non-hydrogen) atoms. The van der Waals surface area contributed by atoms with E-state index in [1.165, 1.54) is 0 Å². The van der Waals surface area contributed by atoms with Crippen molar-refractivity contribution < 1.29 is 4.74 Å². The average Bonchev–Trinajstić information content (AvgIpc) is 2.38. The molecule has 0 spiro atoms. The second-order valence-electron chi connectivity index (χ2n) is 4.02. The maximum absolute atomic E-state index is 5.69. The van der Waals surface area contributed by atoms with Crippen LogP contribution in [-0.2, 0) is 0 Å². The molecule has 0 amide bonds. The molecule has 0 aliphatic rings. The van der Waals surface area contributed by atoms with Crippen LogP contribution >= 0.6 is 0 Å². The van der Waals surface area contributed by atoms with Gasteiger partial charge in [0.25, 0.3) is 0 Å². The van der Waals surface area contributed by atoms with Crippen LogP contribution in [0.25, 0.3) is 10.9 Å². The van der Waals surface area contributed by atoms with Gasteiger partial charge >= 0.3 is 0 Å². The Morgan fingerprint density at radius 2 is 2.18 bits per heavy atom. The maximum atomic E-state index is 5.69. The van der Waals surface area contributed by atoms with Crippen molar-refractivity contribution in [2.24, 2.45) is 0 Å². The van der Waals surface area contributed by atoms with Gasteiger partial charge in [0.1, 0.15) is 5.75 Å². The van der Waals surface area contributed by atoms with E-state index in [0.717, 1.165) is 42.6 Å². The lowest BCUT2D eigenvalue weighted by Gasteiger charge is -2.06. The second kappa shape index (κ2) is 6.21. The van der Waals surface area contributed by atoms with Gasteiger partial charge in [0.05, 0.1) is 12.1 Å². The van der Waals surface area contributed by atoms with E-state index in [9.17, 15) is 0 Å². The van der Waals surface area contributed by atoms with Crippen LogP contribution in [0.15, 0.2) is 36.5 Å². The number of pyridine rings is 1. The Balaban J connectivity index is 1.90. The monoisotopic (exact) mass is 230 g/mol. The van der Waals surface area contributed by atoms with E-state index < -0.39 is 0 Å². The molecule has 0 saturated carbocycles. The molecular weight excluding hydrogens is 212 g/mol. The van der Waals surface area contributed by atoms with Crippen molar-refractivity contribution in [3.8, 4) is 5.75 Å². The molecule has 90 valence electrons. The lowest BCUT2D eigenvalue weighted by molar-refractivity contribution is 0.307. The Hall–Kier alpha value is -1.61. The summed E-state index contributed by atoms with van der Waals surface area (Å²) in [5, 5.41) is 4.27. The molecule has 3 heteroatoms. The molecule has 0 aliphatic heterocycles. The minimum absolute atomic E-state index is 0.764. The molecule has 0 radical (unpaired) electrons. The van der Waals surface area contributed by atoms with Gasteiger partial charge in [0, 0.05) is 17.6 Å². The number of ether oxygens (including phenoxy) is 1. The van der Waals surface area contributed by atoms with Gasteiger partial charge in [-0.1, -0.05) is 6.07 Å². The summed E-state index contributed by atoms with van der Waals surface area (Å²) in [6, 6.07) is 10.0. The fourth-order valence-corrected chi connectivity index (χ4v) is 1.73. The van der Waals surface area contributed by atoms with Crippen LogP contribution < -0.4 is 10.1 Å². The van der Waals surface area contributed by atoms with Gasteiger partial charge in [-0.25, -0.2) is 0 Å². The molecule has 0 unspecified atom stereocenters. The van der Waals surface area contributed by atoms with Crippen LogP contribution in [-0.4, -0.2) is 25.2 Å². The zero-order valence-corrected chi connectivity index (χ0v) is 10.1. The Kier molecular flexibility index (Phi) is 4.33. The summed E-state index contributed by atoms with van der Waals surface area (Å²) in [5.41, 5.74) is 0.986. The zero-order valence-electron chi connectivity index (χ0n) is 10.1. The van der Waals surface area contributed by atoms with Crippen LogP contribution in [0.3, 0.4) is 0 Å². The third kappa shape index (κ3) is 3.43. The fourth-order valence-electron chi connectivity index (χ4n) is 1.73. The number of fused-ring (bicyclic) bond motifs is 1. The molecule has 1 aromatic heterocycles. The molecule has 1 aromatic carbocycles. The highest BCUT2D eigenvalue weighted by molar-refractivity contribution is 5.79. The van der Waals surface area contributed by atoms with Crippen molar-refractivity contribution in [1.82, 2.24) is 10.3 Å². The van der Waals surface area contributed by atoms with Crippen LogP contribution in [0.5, 0.6) is 5.75 Å². The summed E-state index contributed by atoms with van der Waals surface area (Å²) in [4.78, 5) is 4.31. The predicted molar refractivity (Wildman–Crippen MR) is 70.4 cm³/mol. The number of hydrogen-bond acceptors (Lipinski definition) is 3. The van der Waals surface area contributed by atoms with Crippen molar-refractivity contribution in [3.63, 3.8) is 0 Å².